The summed E-state index contributed by atoms with van der Waals surface area (Å²) in [5, 5.41) is 0. The van der Waals surface area contributed by atoms with Crippen LogP contribution in [0, 0.1) is 0 Å². The normalized spacial score (nSPS) is 16.9. The fourth-order valence-electron chi connectivity index (χ4n) is 1.49. The standard InChI is InChI=1S/2C7H7NO2/c1-5(9)6-4-8-3-2-7(6)10;1-5(9)6-2-3-8-4-7(6)10/h3-4H,2H2,1H3;2-3H,4H2,1H3. The molecule has 6 heteroatoms. The highest BCUT2D eigenvalue weighted by Gasteiger charge is 2.15. The summed E-state index contributed by atoms with van der Waals surface area (Å²) in [4.78, 5) is 50.4. The second kappa shape index (κ2) is 7.18. The SMILES string of the molecule is CC(=O)C1=CC=NCC1=O.CC(=O)C1=CN=CCC1=O. The summed E-state index contributed by atoms with van der Waals surface area (Å²) in [5.41, 5.74) is 0.470. The Hall–Kier alpha value is -2.50. The van der Waals surface area contributed by atoms with E-state index in [0.717, 1.165) is 0 Å². The van der Waals surface area contributed by atoms with Gasteiger partial charge in [-0.15, -0.1) is 0 Å². The van der Waals surface area contributed by atoms with Gasteiger partial charge in [-0.2, -0.15) is 0 Å². The average Bonchev–Trinajstić information content (AvgIpc) is 2.40. The van der Waals surface area contributed by atoms with Crippen molar-refractivity contribution in [1.29, 1.82) is 0 Å². The van der Waals surface area contributed by atoms with E-state index in [9.17, 15) is 19.2 Å². The molecule has 0 spiro atoms. The minimum Gasteiger partial charge on any atom is -0.294 e. The molecule has 0 aromatic heterocycles. The molecule has 0 aliphatic carbocycles. The first-order valence-corrected chi connectivity index (χ1v) is 5.93. The smallest absolute Gasteiger partial charge is 0.187 e. The van der Waals surface area contributed by atoms with Crippen molar-refractivity contribution in [1.82, 2.24) is 0 Å². The Kier molecular flexibility index (Phi) is 5.58. The molecule has 0 unspecified atom stereocenters. The summed E-state index contributed by atoms with van der Waals surface area (Å²) in [6.45, 7) is 2.86. The van der Waals surface area contributed by atoms with E-state index < -0.39 is 0 Å². The van der Waals surface area contributed by atoms with Gasteiger partial charge in [-0.3, -0.25) is 29.2 Å². The molecular formula is C14H14N2O4. The highest BCUT2D eigenvalue weighted by atomic mass is 16.2. The highest BCUT2D eigenvalue weighted by molar-refractivity contribution is 6.23. The summed E-state index contributed by atoms with van der Waals surface area (Å²) in [7, 11) is 0. The molecule has 0 bridgehead atoms. The van der Waals surface area contributed by atoms with E-state index in [1.807, 2.05) is 0 Å². The van der Waals surface area contributed by atoms with Crippen molar-refractivity contribution in [2.75, 3.05) is 6.54 Å². The molecule has 0 aromatic carbocycles. The van der Waals surface area contributed by atoms with Crippen molar-refractivity contribution >= 4 is 35.6 Å². The van der Waals surface area contributed by atoms with Gasteiger partial charge in [0.15, 0.2) is 23.1 Å². The van der Waals surface area contributed by atoms with Crippen LogP contribution in [0.1, 0.15) is 20.3 Å². The lowest BCUT2D eigenvalue weighted by Crippen LogP contribution is -2.16. The van der Waals surface area contributed by atoms with Gasteiger partial charge in [0.25, 0.3) is 0 Å². The quantitative estimate of drug-likeness (QED) is 0.691. The second-order valence-electron chi connectivity index (χ2n) is 4.11. The van der Waals surface area contributed by atoms with Crippen LogP contribution in [0.15, 0.2) is 33.4 Å². The Balaban J connectivity index is 0.000000200. The first kappa shape index (κ1) is 15.6. The summed E-state index contributed by atoms with van der Waals surface area (Å²) in [6.07, 6.45) is 6.00. The Morgan fingerprint density at radius 1 is 1.05 bits per heavy atom. The molecule has 2 heterocycles. The van der Waals surface area contributed by atoms with Gasteiger partial charge >= 0.3 is 0 Å². The molecule has 0 fully saturated rings. The number of aliphatic imine (C=N–C) groups is 2. The van der Waals surface area contributed by atoms with Crippen LogP contribution in [0.4, 0.5) is 0 Å². The van der Waals surface area contributed by atoms with Gasteiger partial charge in [0.05, 0.1) is 11.1 Å². The van der Waals surface area contributed by atoms with Crippen LogP contribution in [0.3, 0.4) is 0 Å². The van der Waals surface area contributed by atoms with E-state index in [0.29, 0.717) is 0 Å². The van der Waals surface area contributed by atoms with Gasteiger partial charge in [0.1, 0.15) is 6.54 Å². The third-order valence-electron chi connectivity index (χ3n) is 2.53. The molecule has 104 valence electrons. The van der Waals surface area contributed by atoms with Crippen LogP contribution in [-0.4, -0.2) is 42.1 Å². The van der Waals surface area contributed by atoms with E-state index in [-0.39, 0.29) is 47.2 Å². The van der Waals surface area contributed by atoms with Crippen LogP contribution in [0.25, 0.3) is 0 Å². The van der Waals surface area contributed by atoms with Gasteiger partial charge < -0.3 is 0 Å². The average molecular weight is 274 g/mol. The van der Waals surface area contributed by atoms with Gasteiger partial charge in [-0.1, -0.05) is 0 Å². The van der Waals surface area contributed by atoms with E-state index >= 15 is 0 Å². The number of nitrogens with zero attached hydrogens (tertiary/aromatic N) is 2. The second-order valence-corrected chi connectivity index (χ2v) is 4.11. The third kappa shape index (κ3) is 4.31. The van der Waals surface area contributed by atoms with Crippen molar-refractivity contribution in [2.24, 2.45) is 9.98 Å². The predicted octanol–water partition coefficient (Wildman–Crippen LogP) is 0.658. The molecule has 0 aromatic rings. The zero-order valence-corrected chi connectivity index (χ0v) is 11.3. The predicted molar refractivity (Wildman–Crippen MR) is 74.0 cm³/mol. The van der Waals surface area contributed by atoms with Crippen molar-refractivity contribution in [3.63, 3.8) is 0 Å². The maximum atomic E-state index is 10.9. The molecule has 0 atom stereocenters. The van der Waals surface area contributed by atoms with E-state index in [4.69, 9.17) is 0 Å². The van der Waals surface area contributed by atoms with E-state index in [1.54, 1.807) is 0 Å². The van der Waals surface area contributed by atoms with Crippen LogP contribution in [0.5, 0.6) is 0 Å². The van der Waals surface area contributed by atoms with Crippen LogP contribution in [-0.2, 0) is 19.2 Å². The highest BCUT2D eigenvalue weighted by Crippen LogP contribution is 2.05. The zero-order chi connectivity index (χ0) is 15.1. The number of carbonyl (C=O) groups excluding carboxylic acids is 4. The summed E-state index contributed by atoms with van der Waals surface area (Å²) >= 11 is 0. The number of dihydropyridines is 1. The minimum absolute atomic E-state index is 0.116. The number of hydrogen-bond donors (Lipinski definition) is 0. The number of allylic oxidation sites excluding steroid dienone is 2. The molecule has 0 amide bonds. The number of Topliss-reactive ketones (excluding diaryl/α,β-unsaturated/α-hetero) is 4. The number of carbonyl (C=O) groups is 4. The van der Waals surface area contributed by atoms with E-state index in [1.165, 1.54) is 38.6 Å². The van der Waals surface area contributed by atoms with Crippen molar-refractivity contribution in [2.45, 2.75) is 20.3 Å². The number of ketones is 4. The summed E-state index contributed by atoms with van der Waals surface area (Å²) < 4.78 is 0. The fraction of sp³-hybridized carbons (Fsp3) is 0.286. The molecule has 0 N–H and O–H groups in total. The van der Waals surface area contributed by atoms with Gasteiger partial charge in [0, 0.05) is 25.0 Å². The van der Waals surface area contributed by atoms with E-state index in [2.05, 4.69) is 9.98 Å². The van der Waals surface area contributed by atoms with Gasteiger partial charge in [-0.25, -0.2) is 0 Å². The Morgan fingerprint density at radius 3 is 2.10 bits per heavy atom. The monoisotopic (exact) mass is 274 g/mol. The first-order chi connectivity index (χ1) is 9.43. The molecular weight excluding hydrogens is 260 g/mol. The lowest BCUT2D eigenvalue weighted by molar-refractivity contribution is -0.121. The number of rotatable bonds is 2. The topological polar surface area (TPSA) is 93.0 Å². The molecule has 2 aliphatic heterocycles. The molecule has 2 rings (SSSR count). The van der Waals surface area contributed by atoms with Crippen LogP contribution < -0.4 is 0 Å². The van der Waals surface area contributed by atoms with Crippen LogP contribution in [0.2, 0.25) is 0 Å². The first-order valence-electron chi connectivity index (χ1n) is 5.93. The molecule has 20 heavy (non-hydrogen) atoms. The lowest BCUT2D eigenvalue weighted by Gasteiger charge is -2.01. The third-order valence-corrected chi connectivity index (χ3v) is 2.53. The maximum absolute atomic E-state index is 10.9. The Morgan fingerprint density at radius 2 is 1.70 bits per heavy atom. The Labute approximate surface area is 116 Å². The zero-order valence-electron chi connectivity index (χ0n) is 11.3. The maximum Gasteiger partial charge on any atom is 0.187 e. The van der Waals surface area contributed by atoms with Crippen molar-refractivity contribution < 1.29 is 19.2 Å². The minimum atomic E-state index is -0.207. The summed E-state index contributed by atoms with van der Waals surface area (Å²) in [6, 6.07) is 0. The molecule has 6 nitrogen and oxygen atoms in total. The molecule has 0 radical (unpaired) electrons. The molecule has 2 aliphatic rings. The summed E-state index contributed by atoms with van der Waals surface area (Å²) in [5.74, 6) is -0.712. The van der Waals surface area contributed by atoms with Gasteiger partial charge in [-0.05, 0) is 19.9 Å². The van der Waals surface area contributed by atoms with Crippen molar-refractivity contribution in [3.8, 4) is 0 Å². The largest absolute Gasteiger partial charge is 0.294 e. The fourth-order valence-corrected chi connectivity index (χ4v) is 1.49. The number of hydrogen-bond acceptors (Lipinski definition) is 6. The van der Waals surface area contributed by atoms with Gasteiger partial charge in [0.2, 0.25) is 0 Å². The van der Waals surface area contributed by atoms with Crippen LogP contribution >= 0.6 is 0 Å². The Bertz CT molecular complexity index is 528. The molecule has 0 saturated carbocycles. The lowest BCUT2D eigenvalue weighted by atomic mass is 10.1. The molecule has 0 saturated heterocycles. The van der Waals surface area contributed by atoms with Crippen molar-refractivity contribution in [3.05, 3.63) is 23.4 Å².